The van der Waals surface area contributed by atoms with Crippen molar-refractivity contribution >= 4 is 11.9 Å². The molecule has 2 aliphatic heterocycles. The van der Waals surface area contributed by atoms with Gasteiger partial charge in [-0.25, -0.2) is 4.79 Å². The number of nitrogens with zero attached hydrogens (tertiary/aromatic N) is 1. The minimum absolute atomic E-state index is 0.0551. The summed E-state index contributed by atoms with van der Waals surface area (Å²) in [5, 5.41) is 9.82. The molecule has 0 bridgehead atoms. The van der Waals surface area contributed by atoms with Crippen LogP contribution >= 0.6 is 0 Å². The van der Waals surface area contributed by atoms with E-state index in [9.17, 15) is 14.9 Å². The van der Waals surface area contributed by atoms with Gasteiger partial charge in [0.15, 0.2) is 5.88 Å². The molecule has 8 nitrogen and oxygen atoms in total. The molecule has 3 aromatic rings. The van der Waals surface area contributed by atoms with E-state index in [0.717, 1.165) is 0 Å². The average Bonchev–Trinajstić information content (AvgIpc) is 3.33. The number of furan rings is 1. The first kappa shape index (κ1) is 21.3. The number of carbonyl (C=O) groups is 2. The zero-order chi connectivity index (χ0) is 23.8. The third kappa shape index (κ3) is 3.48. The number of carbonyl (C=O) groups excluding carboxylic acids is 2. The summed E-state index contributed by atoms with van der Waals surface area (Å²) in [5.74, 6) is -1.45. The number of para-hydroxylation sites is 1. The molecule has 0 amide bonds. The Morgan fingerprint density at radius 1 is 1.15 bits per heavy atom. The lowest BCUT2D eigenvalue weighted by Crippen LogP contribution is -2.41. The SMILES string of the molecule is CCOC(=O)c1cccc(-c2ccc([C@H]3C(C#N)=C(N)O[C@@H]4c5ccccc5OC(=O)[C@@H]43)o2)c1. The highest BCUT2D eigenvalue weighted by Gasteiger charge is 2.51. The number of nitrogens with two attached hydrogens (primary N) is 1. The molecule has 3 heterocycles. The average molecular weight is 456 g/mol. The number of hydrogen-bond donors (Lipinski definition) is 1. The van der Waals surface area contributed by atoms with Crippen molar-refractivity contribution in [2.45, 2.75) is 18.9 Å². The van der Waals surface area contributed by atoms with Crippen LogP contribution in [0.5, 0.6) is 5.75 Å². The zero-order valence-electron chi connectivity index (χ0n) is 18.2. The molecule has 0 saturated heterocycles. The fourth-order valence-electron chi connectivity index (χ4n) is 4.42. The van der Waals surface area contributed by atoms with Crippen LogP contribution in [0.15, 0.2) is 76.5 Å². The zero-order valence-corrected chi connectivity index (χ0v) is 18.2. The van der Waals surface area contributed by atoms with Gasteiger partial charge in [-0.2, -0.15) is 5.26 Å². The van der Waals surface area contributed by atoms with Gasteiger partial charge in [0.05, 0.1) is 18.1 Å². The van der Waals surface area contributed by atoms with Gasteiger partial charge in [-0.05, 0) is 37.3 Å². The highest BCUT2D eigenvalue weighted by molar-refractivity contribution is 5.90. The quantitative estimate of drug-likeness (QED) is 0.457. The first-order chi connectivity index (χ1) is 16.5. The maximum absolute atomic E-state index is 13.0. The highest BCUT2D eigenvalue weighted by atomic mass is 16.6. The van der Waals surface area contributed by atoms with E-state index in [1.54, 1.807) is 61.5 Å². The molecule has 34 heavy (non-hydrogen) atoms. The first-order valence-electron chi connectivity index (χ1n) is 10.8. The molecule has 2 aliphatic rings. The van der Waals surface area contributed by atoms with Crippen molar-refractivity contribution in [3.8, 4) is 23.1 Å². The third-order valence-electron chi connectivity index (χ3n) is 5.94. The van der Waals surface area contributed by atoms with Gasteiger partial charge < -0.3 is 24.4 Å². The van der Waals surface area contributed by atoms with E-state index in [-0.39, 0.29) is 18.1 Å². The van der Waals surface area contributed by atoms with Gasteiger partial charge in [0.2, 0.25) is 0 Å². The van der Waals surface area contributed by atoms with E-state index in [1.165, 1.54) is 0 Å². The molecule has 0 unspecified atom stereocenters. The van der Waals surface area contributed by atoms with Crippen LogP contribution in [0.3, 0.4) is 0 Å². The number of hydrogen-bond acceptors (Lipinski definition) is 8. The van der Waals surface area contributed by atoms with E-state index < -0.39 is 29.9 Å². The van der Waals surface area contributed by atoms with Gasteiger partial charge in [0.25, 0.3) is 0 Å². The van der Waals surface area contributed by atoms with Crippen LogP contribution in [0.1, 0.15) is 40.6 Å². The second kappa shape index (κ2) is 8.45. The molecule has 0 saturated carbocycles. The fraction of sp³-hybridized carbons (Fsp3) is 0.192. The van der Waals surface area contributed by atoms with Crippen molar-refractivity contribution in [2.75, 3.05) is 6.61 Å². The monoisotopic (exact) mass is 456 g/mol. The number of fused-ring (bicyclic) bond motifs is 3. The summed E-state index contributed by atoms with van der Waals surface area (Å²) in [4.78, 5) is 25.2. The molecule has 0 fully saturated rings. The van der Waals surface area contributed by atoms with Gasteiger partial charge in [0.1, 0.15) is 40.9 Å². The molecular weight excluding hydrogens is 436 g/mol. The molecule has 3 atom stereocenters. The Kier molecular flexibility index (Phi) is 5.30. The second-order valence-corrected chi connectivity index (χ2v) is 7.89. The van der Waals surface area contributed by atoms with Crippen molar-refractivity contribution in [1.82, 2.24) is 0 Å². The molecule has 170 valence electrons. The smallest absolute Gasteiger partial charge is 0.338 e. The number of benzene rings is 2. The Morgan fingerprint density at radius 2 is 1.97 bits per heavy atom. The van der Waals surface area contributed by atoms with E-state index in [0.29, 0.717) is 34.0 Å². The number of nitriles is 1. The standard InChI is InChI=1S/C26H20N2O6/c1-2-31-25(29)15-7-5-6-14(12-15)18-10-11-20(32-18)21-17(13-27)24(28)34-23-16-8-3-4-9-19(16)33-26(30)22(21)23/h3-12,21-23H,2,28H2,1H3/t21-,22-,23-/m1/s1. The van der Waals surface area contributed by atoms with Crippen LogP contribution in [0.4, 0.5) is 0 Å². The number of esters is 2. The number of rotatable bonds is 4. The number of allylic oxidation sites excluding steroid dienone is 1. The van der Waals surface area contributed by atoms with E-state index in [2.05, 4.69) is 6.07 Å². The molecule has 2 aromatic carbocycles. The lowest BCUT2D eigenvalue weighted by atomic mass is 9.76. The molecule has 0 radical (unpaired) electrons. The second-order valence-electron chi connectivity index (χ2n) is 7.89. The van der Waals surface area contributed by atoms with Crippen LogP contribution in [-0.2, 0) is 14.3 Å². The third-order valence-corrected chi connectivity index (χ3v) is 5.94. The summed E-state index contributed by atoms with van der Waals surface area (Å²) >= 11 is 0. The normalized spacial score (nSPS) is 20.9. The Morgan fingerprint density at radius 3 is 2.76 bits per heavy atom. The van der Waals surface area contributed by atoms with Gasteiger partial charge in [0, 0.05) is 11.1 Å². The fourth-order valence-corrected chi connectivity index (χ4v) is 4.42. The topological polar surface area (TPSA) is 125 Å². The summed E-state index contributed by atoms with van der Waals surface area (Å²) in [7, 11) is 0. The molecule has 0 spiro atoms. The van der Waals surface area contributed by atoms with Gasteiger partial charge in [-0.3, -0.25) is 4.79 Å². The van der Waals surface area contributed by atoms with Crippen molar-refractivity contribution in [3.63, 3.8) is 0 Å². The maximum atomic E-state index is 13.0. The van der Waals surface area contributed by atoms with Crippen LogP contribution in [0.2, 0.25) is 0 Å². The lowest BCUT2D eigenvalue weighted by Gasteiger charge is -2.39. The highest BCUT2D eigenvalue weighted by Crippen LogP contribution is 2.51. The van der Waals surface area contributed by atoms with Crippen molar-refractivity contribution < 1.29 is 28.2 Å². The summed E-state index contributed by atoms with van der Waals surface area (Å²) in [6.45, 7) is 2.01. The molecular formula is C26H20N2O6. The van der Waals surface area contributed by atoms with Crippen LogP contribution < -0.4 is 10.5 Å². The minimum atomic E-state index is -0.860. The predicted octanol–water partition coefficient (Wildman–Crippen LogP) is 4.21. The molecule has 0 aliphatic carbocycles. The Hall–Kier alpha value is -4.51. The van der Waals surface area contributed by atoms with Gasteiger partial charge in [-0.15, -0.1) is 0 Å². The molecule has 8 heteroatoms. The summed E-state index contributed by atoms with van der Waals surface area (Å²) in [6, 6.07) is 19.4. The molecule has 2 N–H and O–H groups in total. The molecule has 5 rings (SSSR count). The largest absolute Gasteiger partial charge is 0.469 e. The Balaban J connectivity index is 1.56. The van der Waals surface area contributed by atoms with Gasteiger partial charge in [-0.1, -0.05) is 30.3 Å². The lowest BCUT2D eigenvalue weighted by molar-refractivity contribution is -0.149. The summed E-state index contributed by atoms with van der Waals surface area (Å²) in [6.07, 6.45) is -0.722. The van der Waals surface area contributed by atoms with Crippen LogP contribution in [0, 0.1) is 17.2 Å². The first-order valence-corrected chi connectivity index (χ1v) is 10.8. The van der Waals surface area contributed by atoms with Crippen molar-refractivity contribution in [1.29, 1.82) is 5.26 Å². The van der Waals surface area contributed by atoms with Crippen LogP contribution in [-0.4, -0.2) is 18.5 Å². The van der Waals surface area contributed by atoms with Gasteiger partial charge >= 0.3 is 11.9 Å². The number of ether oxygens (including phenoxy) is 3. The minimum Gasteiger partial charge on any atom is -0.469 e. The van der Waals surface area contributed by atoms with E-state index in [1.807, 2.05) is 6.07 Å². The van der Waals surface area contributed by atoms with Crippen LogP contribution in [0.25, 0.3) is 11.3 Å². The summed E-state index contributed by atoms with van der Waals surface area (Å²) < 4.78 is 22.6. The predicted molar refractivity (Wildman–Crippen MR) is 119 cm³/mol. The van der Waals surface area contributed by atoms with E-state index >= 15 is 0 Å². The van der Waals surface area contributed by atoms with Crippen molar-refractivity contribution in [3.05, 3.63) is 89.0 Å². The molecule has 1 aromatic heterocycles. The summed E-state index contributed by atoms with van der Waals surface area (Å²) in [5.41, 5.74) is 7.92. The maximum Gasteiger partial charge on any atom is 0.338 e. The Labute approximate surface area is 195 Å². The van der Waals surface area contributed by atoms with E-state index in [4.69, 9.17) is 24.4 Å². The Bertz CT molecular complexity index is 1370. The van der Waals surface area contributed by atoms with Crippen molar-refractivity contribution in [2.24, 2.45) is 11.7 Å².